The average molecular weight is 351 g/mol. The lowest BCUT2D eigenvalue weighted by Gasteiger charge is -2.38. The van der Waals surface area contributed by atoms with Gasteiger partial charge >= 0.3 is 5.97 Å². The van der Waals surface area contributed by atoms with Crippen molar-refractivity contribution in [3.63, 3.8) is 0 Å². The third-order valence-electron chi connectivity index (χ3n) is 3.67. The molecule has 2 unspecified atom stereocenters. The van der Waals surface area contributed by atoms with Crippen molar-refractivity contribution in [2.24, 2.45) is 11.3 Å². The van der Waals surface area contributed by atoms with Gasteiger partial charge in [-0.25, -0.2) is 13.2 Å². The summed E-state index contributed by atoms with van der Waals surface area (Å²) < 4.78 is 27.9. The number of rotatable bonds is 3. The van der Waals surface area contributed by atoms with E-state index in [1.807, 2.05) is 0 Å². The molecule has 1 aliphatic carbocycles. The van der Waals surface area contributed by atoms with Gasteiger partial charge in [-0.15, -0.1) is 11.3 Å². The molecule has 0 aromatic carbocycles. The predicted molar refractivity (Wildman–Crippen MR) is 83.4 cm³/mol. The summed E-state index contributed by atoms with van der Waals surface area (Å²) in [4.78, 5) is 12.1. The third-order valence-corrected chi connectivity index (χ3v) is 6.71. The van der Waals surface area contributed by atoms with Crippen LogP contribution in [0, 0.1) is 11.3 Å². The smallest absolute Gasteiger partial charge is 0.339 e. The minimum Gasteiger partial charge on any atom is -0.459 e. The molecule has 21 heavy (non-hydrogen) atoms. The Morgan fingerprint density at radius 1 is 1.43 bits per heavy atom. The second kappa shape index (κ2) is 5.89. The molecule has 1 saturated carbocycles. The lowest BCUT2D eigenvalue weighted by molar-refractivity contribution is -0.00711. The Morgan fingerprint density at radius 3 is 2.62 bits per heavy atom. The second-order valence-electron chi connectivity index (χ2n) is 6.53. The molecule has 0 bridgehead atoms. The SMILES string of the molecule is CC1CC(OC(=O)c2csc(S(=O)(=O)Cl)c2)CC(C)(C)C1. The maximum Gasteiger partial charge on any atom is 0.339 e. The first-order chi connectivity index (χ1) is 9.57. The van der Waals surface area contributed by atoms with Gasteiger partial charge in [-0.2, -0.15) is 0 Å². The molecule has 2 atom stereocenters. The highest BCUT2D eigenvalue weighted by atomic mass is 35.7. The second-order valence-corrected chi connectivity index (χ2v) is 10.2. The van der Waals surface area contributed by atoms with Crippen LogP contribution >= 0.6 is 22.0 Å². The first-order valence-electron chi connectivity index (χ1n) is 6.81. The van der Waals surface area contributed by atoms with Crippen molar-refractivity contribution in [2.45, 2.75) is 50.3 Å². The fourth-order valence-electron chi connectivity index (χ4n) is 3.12. The van der Waals surface area contributed by atoms with Crippen LogP contribution in [0.1, 0.15) is 50.4 Å². The topological polar surface area (TPSA) is 60.4 Å². The molecule has 0 radical (unpaired) electrons. The van der Waals surface area contributed by atoms with Gasteiger partial charge in [0.15, 0.2) is 0 Å². The Bertz CT molecular complexity index is 633. The van der Waals surface area contributed by atoms with E-state index in [-0.39, 0.29) is 21.3 Å². The van der Waals surface area contributed by atoms with Crippen LogP contribution in [0.4, 0.5) is 0 Å². The van der Waals surface area contributed by atoms with E-state index in [1.165, 1.54) is 11.4 Å². The van der Waals surface area contributed by atoms with Crippen molar-refractivity contribution >= 4 is 37.0 Å². The standard InChI is InChI=1S/C14H19ClO4S2/c1-9-4-11(7-14(2,3)6-9)19-13(16)10-5-12(20-8-10)21(15,17)18/h5,8-9,11H,4,6-7H2,1-3H3. The molecule has 118 valence electrons. The molecule has 1 aromatic heterocycles. The van der Waals surface area contributed by atoms with E-state index >= 15 is 0 Å². The van der Waals surface area contributed by atoms with Crippen LogP contribution in [0.2, 0.25) is 0 Å². The van der Waals surface area contributed by atoms with E-state index in [9.17, 15) is 13.2 Å². The monoisotopic (exact) mass is 350 g/mol. The zero-order valence-corrected chi connectivity index (χ0v) is 14.6. The summed E-state index contributed by atoms with van der Waals surface area (Å²) in [5.41, 5.74) is 0.400. The summed E-state index contributed by atoms with van der Waals surface area (Å²) in [6, 6.07) is 1.27. The van der Waals surface area contributed by atoms with E-state index in [2.05, 4.69) is 20.8 Å². The summed E-state index contributed by atoms with van der Waals surface area (Å²) in [5, 5.41) is 1.47. The predicted octanol–water partition coefficient (Wildman–Crippen LogP) is 4.05. The average Bonchev–Trinajstić information content (AvgIpc) is 2.73. The maximum absolute atomic E-state index is 12.1. The van der Waals surface area contributed by atoms with Gasteiger partial charge in [-0.3, -0.25) is 0 Å². The molecule has 0 saturated heterocycles. The highest BCUT2D eigenvalue weighted by molar-refractivity contribution is 8.15. The van der Waals surface area contributed by atoms with Crippen molar-refractivity contribution in [2.75, 3.05) is 0 Å². The number of thiophene rings is 1. The molecule has 1 fully saturated rings. The van der Waals surface area contributed by atoms with Gasteiger partial charge in [0.2, 0.25) is 0 Å². The van der Waals surface area contributed by atoms with Gasteiger partial charge in [-0.05, 0) is 36.7 Å². The molecule has 1 aliphatic rings. The Balaban J connectivity index is 2.06. The molecule has 0 spiro atoms. The first-order valence-corrected chi connectivity index (χ1v) is 10.00. The zero-order chi connectivity index (χ0) is 15.8. The summed E-state index contributed by atoms with van der Waals surface area (Å²) in [6.07, 6.45) is 2.68. The number of carbonyl (C=O) groups excluding carboxylic acids is 1. The molecular formula is C14H19ClO4S2. The van der Waals surface area contributed by atoms with Crippen molar-refractivity contribution in [3.05, 3.63) is 17.0 Å². The lowest BCUT2D eigenvalue weighted by atomic mass is 9.71. The van der Waals surface area contributed by atoms with E-state index in [1.54, 1.807) is 0 Å². The molecule has 4 nitrogen and oxygen atoms in total. The van der Waals surface area contributed by atoms with Crippen molar-refractivity contribution < 1.29 is 17.9 Å². The van der Waals surface area contributed by atoms with Gasteiger partial charge in [0, 0.05) is 16.1 Å². The summed E-state index contributed by atoms with van der Waals surface area (Å²) in [7, 11) is 1.46. The normalized spacial score (nSPS) is 25.5. The number of halogens is 1. The van der Waals surface area contributed by atoms with Crippen molar-refractivity contribution in [3.8, 4) is 0 Å². The highest BCUT2D eigenvalue weighted by Crippen LogP contribution is 2.40. The van der Waals surface area contributed by atoms with Gasteiger partial charge in [-0.1, -0.05) is 20.8 Å². The van der Waals surface area contributed by atoms with Gasteiger partial charge in [0.05, 0.1) is 5.56 Å². The van der Waals surface area contributed by atoms with Gasteiger partial charge in [0.25, 0.3) is 9.05 Å². The molecular weight excluding hydrogens is 332 g/mol. The largest absolute Gasteiger partial charge is 0.459 e. The summed E-state index contributed by atoms with van der Waals surface area (Å²) >= 11 is 0.926. The Kier molecular flexibility index (Phi) is 4.71. The van der Waals surface area contributed by atoms with Crippen LogP contribution in [0.3, 0.4) is 0 Å². The minimum atomic E-state index is -3.79. The van der Waals surface area contributed by atoms with Crippen LogP contribution in [0.25, 0.3) is 0 Å². The number of esters is 1. The summed E-state index contributed by atoms with van der Waals surface area (Å²) in [6.45, 7) is 6.50. The van der Waals surface area contributed by atoms with Crippen LogP contribution in [0.5, 0.6) is 0 Å². The minimum absolute atomic E-state index is 0.0338. The van der Waals surface area contributed by atoms with Gasteiger partial charge in [0.1, 0.15) is 10.3 Å². The van der Waals surface area contributed by atoms with E-state index in [0.717, 1.165) is 30.6 Å². The molecule has 0 N–H and O–H groups in total. The van der Waals surface area contributed by atoms with E-state index in [0.29, 0.717) is 5.92 Å². The summed E-state index contributed by atoms with van der Waals surface area (Å²) in [5.74, 6) is 0.0283. The maximum atomic E-state index is 12.1. The fraction of sp³-hybridized carbons (Fsp3) is 0.643. The Labute approximate surface area is 133 Å². The molecule has 0 aliphatic heterocycles. The zero-order valence-electron chi connectivity index (χ0n) is 12.3. The Morgan fingerprint density at radius 2 is 2.10 bits per heavy atom. The highest BCUT2D eigenvalue weighted by Gasteiger charge is 2.34. The van der Waals surface area contributed by atoms with Gasteiger partial charge < -0.3 is 4.74 Å². The molecule has 0 amide bonds. The van der Waals surface area contributed by atoms with Crippen LogP contribution in [-0.4, -0.2) is 20.5 Å². The van der Waals surface area contributed by atoms with Crippen LogP contribution < -0.4 is 0 Å². The molecule has 2 rings (SSSR count). The fourth-order valence-corrected chi connectivity index (χ4v) is 5.05. The third kappa shape index (κ3) is 4.44. The van der Waals surface area contributed by atoms with E-state index in [4.69, 9.17) is 15.4 Å². The lowest BCUT2D eigenvalue weighted by Crippen LogP contribution is -2.33. The quantitative estimate of drug-likeness (QED) is 0.609. The Hall–Kier alpha value is -0.590. The van der Waals surface area contributed by atoms with Crippen molar-refractivity contribution in [1.29, 1.82) is 0 Å². The number of hydrogen-bond donors (Lipinski definition) is 0. The first kappa shape index (κ1) is 16.8. The molecule has 7 heteroatoms. The number of hydrogen-bond acceptors (Lipinski definition) is 5. The van der Waals surface area contributed by atoms with Crippen LogP contribution in [0.15, 0.2) is 15.7 Å². The van der Waals surface area contributed by atoms with Crippen molar-refractivity contribution in [1.82, 2.24) is 0 Å². The molecule has 1 heterocycles. The van der Waals surface area contributed by atoms with Crippen LogP contribution in [-0.2, 0) is 13.8 Å². The van der Waals surface area contributed by atoms with E-state index < -0.39 is 15.0 Å². The number of carbonyl (C=O) groups is 1. The molecule has 1 aromatic rings. The number of ether oxygens (including phenoxy) is 1.